The molecule has 0 aliphatic heterocycles. The van der Waals surface area contributed by atoms with E-state index in [1.807, 2.05) is 42.5 Å². The molecule has 1 amide bonds. The molecule has 0 bridgehead atoms. The highest BCUT2D eigenvalue weighted by Crippen LogP contribution is 2.25. The van der Waals surface area contributed by atoms with Crippen molar-refractivity contribution in [1.82, 2.24) is 9.78 Å². The third kappa shape index (κ3) is 6.55. The summed E-state index contributed by atoms with van der Waals surface area (Å²) in [5.74, 6) is -1.51. The van der Waals surface area contributed by atoms with Crippen LogP contribution in [0.3, 0.4) is 0 Å². The molecule has 0 fully saturated rings. The molecule has 0 unspecified atom stereocenters. The minimum Gasteiger partial charge on any atom is -0.452 e. The molecule has 0 aliphatic rings. The molecule has 0 atom stereocenters. The van der Waals surface area contributed by atoms with Crippen molar-refractivity contribution < 1.29 is 18.7 Å². The Bertz CT molecular complexity index is 1430. The van der Waals surface area contributed by atoms with Crippen LogP contribution in [0.1, 0.15) is 12.0 Å². The largest absolute Gasteiger partial charge is 0.452 e. The molecule has 0 radical (unpaired) electrons. The van der Waals surface area contributed by atoms with E-state index in [1.54, 1.807) is 53.4 Å². The van der Waals surface area contributed by atoms with Gasteiger partial charge in [0.25, 0.3) is 5.91 Å². The Balaban J connectivity index is 1.49. The molecule has 37 heavy (non-hydrogen) atoms. The lowest BCUT2D eigenvalue weighted by Gasteiger charge is -2.21. The number of aromatic nitrogens is 2. The average Bonchev–Trinajstić information content (AvgIpc) is 3.37. The van der Waals surface area contributed by atoms with Gasteiger partial charge >= 0.3 is 5.97 Å². The van der Waals surface area contributed by atoms with Gasteiger partial charge in [-0.25, -0.2) is 13.9 Å². The Kier molecular flexibility index (Phi) is 8.19. The molecular formula is C29H23FN4O3. The van der Waals surface area contributed by atoms with E-state index < -0.39 is 18.5 Å². The second-order valence-corrected chi connectivity index (χ2v) is 7.95. The number of benzene rings is 3. The first-order chi connectivity index (χ1) is 18.0. The van der Waals surface area contributed by atoms with E-state index in [0.717, 1.165) is 5.69 Å². The number of carbonyl (C=O) groups is 2. The highest BCUT2D eigenvalue weighted by molar-refractivity contribution is 5.96. The summed E-state index contributed by atoms with van der Waals surface area (Å²) in [4.78, 5) is 26.6. The van der Waals surface area contributed by atoms with Crippen molar-refractivity contribution in [3.8, 4) is 23.0 Å². The van der Waals surface area contributed by atoms with Gasteiger partial charge in [0.2, 0.25) is 0 Å². The topological polar surface area (TPSA) is 88.2 Å². The maximum atomic E-state index is 13.5. The Morgan fingerprint density at radius 1 is 1.00 bits per heavy atom. The van der Waals surface area contributed by atoms with Gasteiger partial charge in [-0.15, -0.1) is 0 Å². The van der Waals surface area contributed by atoms with Gasteiger partial charge in [-0.3, -0.25) is 4.79 Å². The Labute approximate surface area is 213 Å². The fourth-order valence-electron chi connectivity index (χ4n) is 3.64. The van der Waals surface area contributed by atoms with E-state index in [4.69, 9.17) is 10.00 Å². The summed E-state index contributed by atoms with van der Waals surface area (Å²) in [6.45, 7) is -0.288. The van der Waals surface area contributed by atoms with Gasteiger partial charge in [0, 0.05) is 35.6 Å². The minimum atomic E-state index is -0.709. The summed E-state index contributed by atoms with van der Waals surface area (Å²) in [6, 6.07) is 26.2. The van der Waals surface area contributed by atoms with E-state index in [2.05, 4.69) is 5.10 Å². The molecule has 4 rings (SSSR count). The van der Waals surface area contributed by atoms with Gasteiger partial charge in [-0.2, -0.15) is 10.4 Å². The van der Waals surface area contributed by atoms with E-state index >= 15 is 0 Å². The van der Waals surface area contributed by atoms with Gasteiger partial charge in [0.15, 0.2) is 6.61 Å². The molecule has 1 heterocycles. The third-order valence-corrected chi connectivity index (χ3v) is 5.43. The number of para-hydroxylation sites is 2. The first kappa shape index (κ1) is 25.1. The van der Waals surface area contributed by atoms with Crippen LogP contribution >= 0.6 is 0 Å². The van der Waals surface area contributed by atoms with Crippen molar-refractivity contribution in [2.24, 2.45) is 0 Å². The number of nitriles is 1. The van der Waals surface area contributed by atoms with Crippen LogP contribution in [-0.4, -0.2) is 34.8 Å². The second kappa shape index (κ2) is 12.1. The third-order valence-electron chi connectivity index (χ3n) is 5.43. The molecule has 1 aromatic heterocycles. The van der Waals surface area contributed by atoms with E-state index in [-0.39, 0.29) is 18.8 Å². The van der Waals surface area contributed by atoms with Crippen LogP contribution in [0.2, 0.25) is 0 Å². The van der Waals surface area contributed by atoms with Crippen LogP contribution in [0.5, 0.6) is 0 Å². The van der Waals surface area contributed by atoms with E-state index in [1.165, 1.54) is 23.1 Å². The SMILES string of the molecule is N#CCCN(C(=O)COC(=O)/C=C/c1cn(-c2ccccc2)nc1-c1ccc(F)cc1)c1ccccc1. The van der Waals surface area contributed by atoms with Crippen molar-refractivity contribution in [1.29, 1.82) is 5.26 Å². The summed E-state index contributed by atoms with van der Waals surface area (Å²) in [7, 11) is 0. The van der Waals surface area contributed by atoms with Crippen molar-refractivity contribution in [2.45, 2.75) is 6.42 Å². The van der Waals surface area contributed by atoms with Gasteiger partial charge in [0.1, 0.15) is 5.82 Å². The molecule has 0 saturated heterocycles. The maximum Gasteiger partial charge on any atom is 0.331 e. The van der Waals surface area contributed by atoms with Crippen molar-refractivity contribution in [3.63, 3.8) is 0 Å². The number of hydrogen-bond acceptors (Lipinski definition) is 5. The number of nitrogens with zero attached hydrogens (tertiary/aromatic N) is 4. The summed E-state index contributed by atoms with van der Waals surface area (Å²) in [5.41, 5.74) is 3.27. The van der Waals surface area contributed by atoms with Crippen molar-refractivity contribution in [2.75, 3.05) is 18.1 Å². The molecule has 184 valence electrons. The lowest BCUT2D eigenvalue weighted by atomic mass is 10.1. The molecule has 7 nitrogen and oxygen atoms in total. The van der Waals surface area contributed by atoms with Crippen molar-refractivity contribution >= 4 is 23.6 Å². The first-order valence-electron chi connectivity index (χ1n) is 11.5. The summed E-state index contributed by atoms with van der Waals surface area (Å²) < 4.78 is 20.3. The number of rotatable bonds is 9. The standard InChI is InChI=1S/C29H23FN4O3/c30-24-15-12-22(13-16-24)29-23(20-34(32-29)26-10-5-2-6-11-26)14-17-28(36)37-21-27(35)33(19-7-18-31)25-8-3-1-4-9-25/h1-6,8-17,20H,7,19,21H2/b17-14+. The summed E-state index contributed by atoms with van der Waals surface area (Å²) in [6.07, 6.45) is 4.66. The minimum absolute atomic E-state index is 0.145. The first-order valence-corrected chi connectivity index (χ1v) is 11.5. The molecular weight excluding hydrogens is 471 g/mol. The molecule has 0 N–H and O–H groups in total. The Morgan fingerprint density at radius 2 is 1.68 bits per heavy atom. The zero-order valence-electron chi connectivity index (χ0n) is 19.8. The fourth-order valence-corrected chi connectivity index (χ4v) is 3.64. The number of ether oxygens (including phenoxy) is 1. The number of amides is 1. The second-order valence-electron chi connectivity index (χ2n) is 7.95. The predicted octanol–water partition coefficient (Wildman–Crippen LogP) is 5.18. The Hall–Kier alpha value is -5.03. The van der Waals surface area contributed by atoms with Crippen LogP contribution in [-0.2, 0) is 14.3 Å². The highest BCUT2D eigenvalue weighted by atomic mass is 19.1. The molecule has 8 heteroatoms. The van der Waals surface area contributed by atoms with Gasteiger partial charge in [-0.1, -0.05) is 36.4 Å². The summed E-state index contributed by atoms with van der Waals surface area (Å²) in [5, 5.41) is 13.5. The molecule has 0 spiro atoms. The van der Waals surface area contributed by atoms with Crippen LogP contribution in [0.15, 0.2) is 97.2 Å². The molecule has 4 aromatic rings. The predicted molar refractivity (Wildman–Crippen MR) is 138 cm³/mol. The number of hydrogen-bond donors (Lipinski definition) is 0. The normalized spacial score (nSPS) is 10.7. The molecule has 0 aliphatic carbocycles. The van der Waals surface area contributed by atoms with Crippen LogP contribution in [0, 0.1) is 17.1 Å². The quantitative estimate of drug-likeness (QED) is 0.236. The molecule has 3 aromatic carbocycles. The van der Waals surface area contributed by atoms with Crippen LogP contribution < -0.4 is 4.90 Å². The van der Waals surface area contributed by atoms with Crippen molar-refractivity contribution in [3.05, 3.63) is 109 Å². The van der Waals surface area contributed by atoms with Gasteiger partial charge < -0.3 is 9.64 Å². The molecule has 0 saturated carbocycles. The number of halogens is 1. The average molecular weight is 495 g/mol. The van der Waals surface area contributed by atoms with Crippen LogP contribution in [0.4, 0.5) is 10.1 Å². The van der Waals surface area contributed by atoms with E-state index in [9.17, 15) is 14.0 Å². The monoisotopic (exact) mass is 494 g/mol. The fraction of sp³-hybridized carbons (Fsp3) is 0.103. The Morgan fingerprint density at radius 3 is 2.35 bits per heavy atom. The lowest BCUT2D eigenvalue weighted by molar-refractivity contribution is -0.142. The maximum absolute atomic E-state index is 13.5. The van der Waals surface area contributed by atoms with Crippen LogP contribution in [0.25, 0.3) is 23.0 Å². The summed E-state index contributed by atoms with van der Waals surface area (Å²) >= 11 is 0. The number of anilines is 1. The number of carbonyl (C=O) groups excluding carboxylic acids is 2. The zero-order chi connectivity index (χ0) is 26.0. The zero-order valence-corrected chi connectivity index (χ0v) is 19.8. The number of esters is 1. The lowest BCUT2D eigenvalue weighted by Crippen LogP contribution is -2.35. The van der Waals surface area contributed by atoms with Gasteiger partial charge in [-0.05, 0) is 54.6 Å². The van der Waals surface area contributed by atoms with Gasteiger partial charge in [0.05, 0.1) is 23.9 Å². The smallest absolute Gasteiger partial charge is 0.331 e. The highest BCUT2D eigenvalue weighted by Gasteiger charge is 2.17. The van der Waals surface area contributed by atoms with E-state index in [0.29, 0.717) is 22.5 Å².